The first-order valence-corrected chi connectivity index (χ1v) is 8.98. The molecule has 0 saturated carbocycles. The molecule has 2 aliphatic rings. The lowest BCUT2D eigenvalue weighted by Crippen LogP contribution is -2.47. The van der Waals surface area contributed by atoms with E-state index in [1.807, 2.05) is 0 Å². The molecule has 2 aromatic rings. The minimum Gasteiger partial charge on any atom is -0.506 e. The Hall–Kier alpha value is -3.13. The molecule has 1 amide bonds. The highest BCUT2D eigenvalue weighted by Crippen LogP contribution is 2.41. The molecule has 2 aromatic heterocycles. The maximum atomic E-state index is 14.5. The van der Waals surface area contributed by atoms with Gasteiger partial charge in [-0.05, 0) is 19.1 Å². The van der Waals surface area contributed by atoms with E-state index in [0.717, 1.165) is 5.69 Å². The largest absolute Gasteiger partial charge is 0.506 e. The molecule has 0 saturated heterocycles. The molecule has 0 fully saturated rings. The summed E-state index contributed by atoms with van der Waals surface area (Å²) in [5.41, 5.74) is 1.51. The van der Waals surface area contributed by atoms with Crippen molar-refractivity contribution in [2.24, 2.45) is 0 Å². The fraction of sp³-hybridized carbons (Fsp3) is 0.300. The fourth-order valence-electron chi connectivity index (χ4n) is 3.64. The number of aromatic amines is 1. The van der Waals surface area contributed by atoms with Crippen molar-refractivity contribution >= 4 is 11.6 Å². The van der Waals surface area contributed by atoms with E-state index in [0.29, 0.717) is 35.5 Å². The van der Waals surface area contributed by atoms with Gasteiger partial charge in [-0.3, -0.25) is 9.78 Å². The number of methoxy groups -OCH3 is 1. The van der Waals surface area contributed by atoms with Gasteiger partial charge in [0.25, 0.3) is 5.91 Å². The lowest BCUT2D eigenvalue weighted by molar-refractivity contribution is 0.0133. The monoisotopic (exact) mass is 384 g/mol. The van der Waals surface area contributed by atoms with Crippen molar-refractivity contribution in [1.82, 2.24) is 15.3 Å². The number of hydrogen-bond donors (Lipinski definition) is 4. The standard InChI is InChI=1S/C20H21FN4O3/c1-20(28-2)14(21)4-3-5-15(20)25-18-16-12(7-9-23-19(16)27)24-17(18)11-6-8-22-10-13(11)26/h3-6,8,10,15,24-26H,7,9H2,1-2H3,(H,23,27). The van der Waals surface area contributed by atoms with Crippen molar-refractivity contribution in [3.63, 3.8) is 0 Å². The zero-order valence-electron chi connectivity index (χ0n) is 15.5. The minimum atomic E-state index is -1.23. The van der Waals surface area contributed by atoms with Gasteiger partial charge in [-0.15, -0.1) is 0 Å². The van der Waals surface area contributed by atoms with Crippen molar-refractivity contribution in [1.29, 1.82) is 0 Å². The fourth-order valence-corrected chi connectivity index (χ4v) is 3.64. The van der Waals surface area contributed by atoms with Crippen LogP contribution >= 0.6 is 0 Å². The molecule has 1 aliphatic heterocycles. The van der Waals surface area contributed by atoms with E-state index in [2.05, 4.69) is 20.6 Å². The van der Waals surface area contributed by atoms with Crippen LogP contribution in [0.3, 0.4) is 0 Å². The van der Waals surface area contributed by atoms with Crippen molar-refractivity contribution < 1.29 is 19.0 Å². The van der Waals surface area contributed by atoms with Crippen LogP contribution in [0.15, 0.2) is 42.5 Å². The van der Waals surface area contributed by atoms with Gasteiger partial charge in [-0.2, -0.15) is 0 Å². The summed E-state index contributed by atoms with van der Waals surface area (Å²) >= 11 is 0. The molecule has 2 unspecified atom stereocenters. The van der Waals surface area contributed by atoms with E-state index in [9.17, 15) is 14.3 Å². The highest BCUT2D eigenvalue weighted by Gasteiger charge is 2.41. The van der Waals surface area contributed by atoms with E-state index in [1.54, 1.807) is 31.3 Å². The highest BCUT2D eigenvalue weighted by atomic mass is 19.1. The summed E-state index contributed by atoms with van der Waals surface area (Å²) < 4.78 is 20.0. The third-order valence-corrected chi connectivity index (χ3v) is 5.37. The summed E-state index contributed by atoms with van der Waals surface area (Å²) in [4.78, 5) is 19.8. The maximum absolute atomic E-state index is 14.5. The van der Waals surface area contributed by atoms with Crippen LogP contribution in [0.5, 0.6) is 5.75 Å². The van der Waals surface area contributed by atoms with Crippen LogP contribution in [0.2, 0.25) is 0 Å². The number of anilines is 1. The highest BCUT2D eigenvalue weighted by molar-refractivity contribution is 6.05. The second kappa shape index (κ2) is 6.79. The molecule has 146 valence electrons. The van der Waals surface area contributed by atoms with E-state index >= 15 is 0 Å². The van der Waals surface area contributed by atoms with Gasteiger partial charge in [0.1, 0.15) is 17.2 Å². The molecular weight excluding hydrogens is 363 g/mol. The summed E-state index contributed by atoms with van der Waals surface area (Å²) in [6, 6.07) is 1.09. The molecule has 7 nitrogen and oxygen atoms in total. The van der Waals surface area contributed by atoms with Gasteiger partial charge in [0.2, 0.25) is 0 Å². The number of fused-ring (bicyclic) bond motifs is 1. The van der Waals surface area contributed by atoms with Crippen molar-refractivity contribution in [2.75, 3.05) is 19.0 Å². The molecule has 1 aliphatic carbocycles. The average molecular weight is 384 g/mol. The van der Waals surface area contributed by atoms with Crippen LogP contribution in [0, 0.1) is 0 Å². The summed E-state index contributed by atoms with van der Waals surface area (Å²) in [6.45, 7) is 2.16. The normalized spacial score (nSPS) is 23.8. The molecule has 8 heteroatoms. The van der Waals surface area contributed by atoms with Gasteiger partial charge in [0.05, 0.1) is 29.2 Å². The summed E-state index contributed by atoms with van der Waals surface area (Å²) in [7, 11) is 1.44. The Balaban J connectivity index is 1.85. The molecule has 4 rings (SSSR count). The Bertz CT molecular complexity index is 997. The molecule has 28 heavy (non-hydrogen) atoms. The molecule has 0 spiro atoms. The lowest BCUT2D eigenvalue weighted by Gasteiger charge is -2.36. The summed E-state index contributed by atoms with van der Waals surface area (Å²) in [6.07, 6.45) is 8.26. The number of pyridine rings is 1. The van der Waals surface area contributed by atoms with E-state index in [-0.39, 0.29) is 11.7 Å². The Morgan fingerprint density at radius 3 is 3.04 bits per heavy atom. The maximum Gasteiger partial charge on any atom is 0.255 e. The Kier molecular flexibility index (Phi) is 4.43. The topological polar surface area (TPSA) is 99.3 Å². The first-order chi connectivity index (χ1) is 13.5. The van der Waals surface area contributed by atoms with E-state index in [4.69, 9.17) is 4.74 Å². The number of ether oxygens (including phenoxy) is 1. The number of hydrogen-bond acceptors (Lipinski definition) is 5. The lowest BCUT2D eigenvalue weighted by atomic mass is 9.89. The Morgan fingerprint density at radius 2 is 2.29 bits per heavy atom. The number of nitrogens with one attached hydrogen (secondary N) is 3. The van der Waals surface area contributed by atoms with Crippen LogP contribution in [0.4, 0.5) is 10.1 Å². The van der Waals surface area contributed by atoms with Crippen LogP contribution in [-0.2, 0) is 11.2 Å². The van der Waals surface area contributed by atoms with Gasteiger partial charge in [-0.1, -0.05) is 12.2 Å². The molecule has 3 heterocycles. The predicted octanol–water partition coefficient (Wildman–Crippen LogP) is 2.68. The molecule has 0 aromatic carbocycles. The number of carbonyl (C=O) groups is 1. The number of aromatic hydroxyl groups is 1. The number of allylic oxidation sites excluding steroid dienone is 2. The van der Waals surface area contributed by atoms with Gasteiger partial charge < -0.3 is 25.5 Å². The first-order valence-electron chi connectivity index (χ1n) is 8.98. The van der Waals surface area contributed by atoms with Gasteiger partial charge in [0, 0.05) is 37.5 Å². The Labute approximate surface area is 161 Å². The third-order valence-electron chi connectivity index (χ3n) is 5.37. The molecular formula is C20H21FN4O3. The molecule has 2 atom stereocenters. The smallest absolute Gasteiger partial charge is 0.255 e. The number of rotatable bonds is 4. The SMILES string of the molecule is COC1(C)C(F)=CC=CC1Nc1c(-c2ccncc2O)[nH]c2c1C(=O)NCC2. The van der Waals surface area contributed by atoms with Crippen molar-refractivity contribution in [2.45, 2.75) is 25.0 Å². The van der Waals surface area contributed by atoms with E-state index < -0.39 is 17.5 Å². The van der Waals surface area contributed by atoms with Crippen molar-refractivity contribution in [3.8, 4) is 17.0 Å². The Morgan fingerprint density at radius 1 is 1.46 bits per heavy atom. The zero-order chi connectivity index (χ0) is 19.9. The number of H-pyrrole nitrogens is 1. The van der Waals surface area contributed by atoms with Gasteiger partial charge in [-0.25, -0.2) is 4.39 Å². The number of carbonyl (C=O) groups excluding carboxylic acids is 1. The number of halogens is 1. The zero-order valence-corrected chi connectivity index (χ0v) is 15.5. The average Bonchev–Trinajstić information content (AvgIpc) is 3.05. The van der Waals surface area contributed by atoms with Crippen LogP contribution in [0.25, 0.3) is 11.3 Å². The third kappa shape index (κ3) is 2.77. The van der Waals surface area contributed by atoms with Crippen LogP contribution < -0.4 is 10.6 Å². The number of nitrogens with zero attached hydrogens (tertiary/aromatic N) is 1. The van der Waals surface area contributed by atoms with Gasteiger partial charge in [0.15, 0.2) is 0 Å². The number of amides is 1. The van der Waals surface area contributed by atoms with Crippen LogP contribution in [0.1, 0.15) is 23.0 Å². The summed E-state index contributed by atoms with van der Waals surface area (Å²) in [5.74, 6) is -0.670. The molecule has 0 bridgehead atoms. The molecule has 4 N–H and O–H groups in total. The number of aromatic nitrogens is 2. The summed E-state index contributed by atoms with van der Waals surface area (Å²) in [5, 5.41) is 16.4. The quantitative estimate of drug-likeness (QED) is 0.650. The first kappa shape index (κ1) is 18.2. The second-order valence-corrected chi connectivity index (χ2v) is 6.96. The minimum absolute atomic E-state index is 0.0238. The van der Waals surface area contributed by atoms with Gasteiger partial charge >= 0.3 is 0 Å². The van der Waals surface area contributed by atoms with Crippen molar-refractivity contribution in [3.05, 3.63) is 53.8 Å². The van der Waals surface area contributed by atoms with E-state index in [1.165, 1.54) is 19.4 Å². The predicted molar refractivity (Wildman–Crippen MR) is 103 cm³/mol. The van der Waals surface area contributed by atoms with Crippen LogP contribution in [-0.4, -0.2) is 46.3 Å². The second-order valence-electron chi connectivity index (χ2n) is 6.96. The molecule has 0 radical (unpaired) electrons.